The smallest absolute Gasteiger partial charge is 0.319 e. The first-order valence-electron chi connectivity index (χ1n) is 7.51. The van der Waals surface area contributed by atoms with E-state index in [9.17, 15) is 18.7 Å². The number of ether oxygens (including phenoxy) is 1. The first kappa shape index (κ1) is 19.2. The Hall–Kier alpha value is -1.89. The average Bonchev–Trinajstić information content (AvgIpc) is 2.47. The van der Waals surface area contributed by atoms with E-state index in [1.165, 1.54) is 6.07 Å². The van der Waals surface area contributed by atoms with Gasteiger partial charge in [0.1, 0.15) is 12.4 Å². The Kier molecular flexibility index (Phi) is 7.22. The van der Waals surface area contributed by atoms with Crippen molar-refractivity contribution in [1.82, 2.24) is 5.32 Å². The fourth-order valence-corrected chi connectivity index (χ4v) is 2.16. The highest BCUT2D eigenvalue weighted by Gasteiger charge is 2.24. The van der Waals surface area contributed by atoms with Crippen molar-refractivity contribution in [3.8, 4) is 5.75 Å². The van der Waals surface area contributed by atoms with Crippen LogP contribution in [-0.4, -0.2) is 36.3 Å². The second-order valence-electron chi connectivity index (χ2n) is 5.73. The first-order chi connectivity index (χ1) is 10.8. The molecule has 1 atom stereocenters. The van der Waals surface area contributed by atoms with E-state index < -0.39 is 24.6 Å². The van der Waals surface area contributed by atoms with Crippen molar-refractivity contribution in [1.29, 1.82) is 0 Å². The Labute approximate surface area is 135 Å². The van der Waals surface area contributed by atoms with Gasteiger partial charge in [0.15, 0.2) is 0 Å². The number of rotatable bonds is 8. The maximum absolute atomic E-state index is 12.2. The lowest BCUT2D eigenvalue weighted by molar-refractivity contribution is 0.0816. The molecular weight excluding hydrogens is 306 g/mol. The molecule has 5 nitrogen and oxygen atoms in total. The van der Waals surface area contributed by atoms with Gasteiger partial charge >= 0.3 is 6.03 Å². The number of urea groups is 1. The minimum absolute atomic E-state index is 0.176. The third kappa shape index (κ3) is 6.40. The maximum atomic E-state index is 12.2. The Morgan fingerprint density at radius 2 is 2.13 bits per heavy atom. The third-order valence-electron chi connectivity index (χ3n) is 3.38. The Bertz CT molecular complexity index is 526. The SMILES string of the molecule is CCCC(C)(CO)NC(=O)Nc1ccc(C)c(OCC(F)F)c1. The van der Waals surface area contributed by atoms with Gasteiger partial charge in [0, 0.05) is 11.8 Å². The van der Waals surface area contributed by atoms with Crippen LogP contribution in [0.4, 0.5) is 19.3 Å². The van der Waals surface area contributed by atoms with Crippen LogP contribution in [0.5, 0.6) is 5.75 Å². The van der Waals surface area contributed by atoms with Crippen molar-refractivity contribution >= 4 is 11.7 Å². The minimum Gasteiger partial charge on any atom is -0.487 e. The molecule has 0 heterocycles. The molecule has 0 spiro atoms. The number of nitrogens with one attached hydrogen (secondary N) is 2. The number of hydrogen-bond donors (Lipinski definition) is 3. The van der Waals surface area contributed by atoms with Crippen molar-refractivity contribution < 1.29 is 23.4 Å². The van der Waals surface area contributed by atoms with Gasteiger partial charge in [-0.3, -0.25) is 0 Å². The van der Waals surface area contributed by atoms with Gasteiger partial charge in [0.2, 0.25) is 0 Å². The molecule has 0 aromatic heterocycles. The lowest BCUT2D eigenvalue weighted by atomic mass is 9.98. The number of benzene rings is 1. The van der Waals surface area contributed by atoms with Gasteiger partial charge in [-0.2, -0.15) is 0 Å². The second-order valence-corrected chi connectivity index (χ2v) is 5.73. The Balaban J connectivity index is 2.72. The quantitative estimate of drug-likeness (QED) is 0.685. The van der Waals surface area contributed by atoms with Crippen LogP contribution in [0.15, 0.2) is 18.2 Å². The fraction of sp³-hybridized carbons (Fsp3) is 0.562. The number of carbonyl (C=O) groups excluding carboxylic acids is 1. The summed E-state index contributed by atoms with van der Waals surface area (Å²) >= 11 is 0. The molecule has 23 heavy (non-hydrogen) atoms. The molecule has 0 saturated heterocycles. The number of carbonyl (C=O) groups is 1. The molecule has 3 N–H and O–H groups in total. The highest BCUT2D eigenvalue weighted by Crippen LogP contribution is 2.23. The van der Waals surface area contributed by atoms with E-state index in [4.69, 9.17) is 4.74 Å². The molecule has 7 heteroatoms. The van der Waals surface area contributed by atoms with Gasteiger partial charge in [-0.25, -0.2) is 13.6 Å². The van der Waals surface area contributed by atoms with Crippen LogP contribution < -0.4 is 15.4 Å². The van der Waals surface area contributed by atoms with Crippen LogP contribution in [-0.2, 0) is 0 Å². The molecular formula is C16H24F2N2O3. The molecule has 0 radical (unpaired) electrons. The monoisotopic (exact) mass is 330 g/mol. The molecule has 2 amide bonds. The van der Waals surface area contributed by atoms with Crippen molar-refractivity contribution in [3.63, 3.8) is 0 Å². The van der Waals surface area contributed by atoms with Crippen molar-refractivity contribution in [2.45, 2.75) is 45.6 Å². The van der Waals surface area contributed by atoms with E-state index in [1.54, 1.807) is 26.0 Å². The molecule has 0 saturated carbocycles. The number of amides is 2. The Morgan fingerprint density at radius 3 is 2.70 bits per heavy atom. The molecule has 0 aliphatic carbocycles. The van der Waals surface area contributed by atoms with Crippen LogP contribution in [0, 0.1) is 6.92 Å². The van der Waals surface area contributed by atoms with Gasteiger partial charge in [-0.15, -0.1) is 0 Å². The zero-order valence-electron chi connectivity index (χ0n) is 13.7. The second kappa shape index (κ2) is 8.67. The largest absolute Gasteiger partial charge is 0.487 e. The molecule has 130 valence electrons. The lowest BCUT2D eigenvalue weighted by Crippen LogP contribution is -2.50. The topological polar surface area (TPSA) is 70.6 Å². The molecule has 0 fully saturated rings. The number of hydrogen-bond acceptors (Lipinski definition) is 3. The third-order valence-corrected chi connectivity index (χ3v) is 3.38. The average molecular weight is 330 g/mol. The van der Waals surface area contributed by atoms with Gasteiger partial charge < -0.3 is 20.5 Å². The minimum atomic E-state index is -2.56. The summed E-state index contributed by atoms with van der Waals surface area (Å²) < 4.78 is 29.5. The molecule has 1 unspecified atom stereocenters. The van der Waals surface area contributed by atoms with E-state index in [0.29, 0.717) is 23.4 Å². The van der Waals surface area contributed by atoms with Crippen LogP contribution in [0.2, 0.25) is 0 Å². The van der Waals surface area contributed by atoms with Crippen molar-refractivity contribution in [2.24, 2.45) is 0 Å². The van der Waals surface area contributed by atoms with E-state index in [2.05, 4.69) is 10.6 Å². The molecule has 1 rings (SSSR count). The molecule has 0 aliphatic heterocycles. The van der Waals surface area contributed by atoms with Gasteiger partial charge in [0.25, 0.3) is 6.43 Å². The van der Waals surface area contributed by atoms with E-state index in [1.807, 2.05) is 6.92 Å². The Morgan fingerprint density at radius 1 is 1.43 bits per heavy atom. The van der Waals surface area contributed by atoms with E-state index in [0.717, 1.165) is 6.42 Å². The standard InChI is InChI=1S/C16H24F2N2O3/c1-4-7-16(3,10-21)20-15(22)19-12-6-5-11(2)13(8-12)23-9-14(17)18/h5-6,8,14,21H,4,7,9-10H2,1-3H3,(H2,19,20,22). The van der Waals surface area contributed by atoms with Crippen LogP contribution in [0.3, 0.4) is 0 Å². The number of alkyl halides is 2. The summed E-state index contributed by atoms with van der Waals surface area (Å²) in [6.07, 6.45) is -1.12. The van der Waals surface area contributed by atoms with Gasteiger partial charge in [-0.1, -0.05) is 19.4 Å². The predicted molar refractivity (Wildman–Crippen MR) is 85.2 cm³/mol. The summed E-state index contributed by atoms with van der Waals surface area (Å²) in [6.45, 7) is 4.57. The summed E-state index contributed by atoms with van der Waals surface area (Å²) in [4.78, 5) is 12.0. The molecule has 1 aromatic carbocycles. The summed E-state index contributed by atoms with van der Waals surface area (Å²) in [5.74, 6) is 0.293. The zero-order chi connectivity index (χ0) is 17.5. The zero-order valence-corrected chi connectivity index (χ0v) is 13.7. The van der Waals surface area contributed by atoms with Crippen LogP contribution in [0.25, 0.3) is 0 Å². The first-order valence-corrected chi connectivity index (χ1v) is 7.51. The molecule has 0 bridgehead atoms. The summed E-state index contributed by atoms with van der Waals surface area (Å²) in [6, 6.07) is 4.35. The van der Waals surface area contributed by atoms with Crippen molar-refractivity contribution in [2.75, 3.05) is 18.5 Å². The molecule has 1 aromatic rings. The number of aliphatic hydroxyl groups excluding tert-OH is 1. The van der Waals surface area contributed by atoms with Gasteiger partial charge in [-0.05, 0) is 31.9 Å². The van der Waals surface area contributed by atoms with Crippen LogP contribution >= 0.6 is 0 Å². The lowest BCUT2D eigenvalue weighted by Gasteiger charge is -2.28. The summed E-state index contributed by atoms with van der Waals surface area (Å²) in [7, 11) is 0. The highest BCUT2D eigenvalue weighted by atomic mass is 19.3. The van der Waals surface area contributed by atoms with E-state index >= 15 is 0 Å². The highest BCUT2D eigenvalue weighted by molar-refractivity contribution is 5.90. The predicted octanol–water partition coefficient (Wildman–Crippen LogP) is 3.31. The number of anilines is 1. The summed E-state index contributed by atoms with van der Waals surface area (Å²) in [5, 5.41) is 14.7. The molecule has 0 aliphatic rings. The normalized spacial score (nSPS) is 13.5. The van der Waals surface area contributed by atoms with Gasteiger partial charge in [0.05, 0.1) is 12.1 Å². The summed E-state index contributed by atoms with van der Waals surface area (Å²) in [5.41, 5.74) is 0.412. The maximum Gasteiger partial charge on any atom is 0.319 e. The van der Waals surface area contributed by atoms with E-state index in [-0.39, 0.29) is 6.61 Å². The fourth-order valence-electron chi connectivity index (χ4n) is 2.16. The number of aliphatic hydroxyl groups is 1. The van der Waals surface area contributed by atoms with Crippen molar-refractivity contribution in [3.05, 3.63) is 23.8 Å². The number of halogens is 2. The van der Waals surface area contributed by atoms with Crippen LogP contribution in [0.1, 0.15) is 32.3 Å². The number of aryl methyl sites for hydroxylation is 1.